The Kier molecular flexibility index (Phi) is 38.3. The third-order valence-electron chi connectivity index (χ3n) is 36.3. The van der Waals surface area contributed by atoms with Gasteiger partial charge in [0.2, 0.25) is 18.9 Å². The van der Waals surface area contributed by atoms with Gasteiger partial charge in [-0.05, 0) is 423 Å². The summed E-state index contributed by atoms with van der Waals surface area (Å²) >= 11 is 0. The second kappa shape index (κ2) is 50.9. The molecule has 0 spiro atoms. The van der Waals surface area contributed by atoms with Crippen LogP contribution in [0.15, 0.2) is 261 Å². The standard InChI is InChI=1S/2C26H38O2.C26H32O2.2C14H14.3C10H14O/c2*1-3-18(2)22-8-10-24(11-9-22)28-25(27-23-6-4-5-7-23)26-15-19-12-20(16-26)14-21(13-19)17-26;1-6-19(3)20-13-14-22-18-24(16-15-21(22)17-20)28-25(27-7-2)26(4,5)23-11-9-8-10-12-23;2*1-9-10(2)13-8-4-6-11-5-3-7-12(9)14(11)13;3*1-3-8(2)9-4-6-10(11)7-5-9/h2*8-11,18-21,23,25H,3-7,12-17H2,1-2H3;8-19,25H,6-7H2,1-5H3;2*3-10H,1-2H3;3*4-8,11H,3H2,1-2H3. The SMILES string of the molecule is CC1c2cccc3cccc(c23)C1C.CC1c2cccc3cccc(c23)C1C.CCC(C)c1ccc(O)cc1.CCC(C)c1ccc(O)cc1.CCC(C)c1ccc(O)cc1.CCC(C)c1ccc(OC(OC2CCCC2)C23CC4CC(CC(C4)C2)C3)cc1.CCC(C)c1ccc(OC(OC2CCCC2)C23CC4CC(CC(C4)C2)C3)cc1.CCOC(Oc1ccc2cc(C(C)CC)ccc2c1)C(C)(C)c1ccccc1. The molecule has 10 saturated carbocycles. The molecule has 0 aliphatic heterocycles. The number of rotatable bonds is 28. The first-order valence-corrected chi connectivity index (χ1v) is 57.1. The second-order valence-corrected chi connectivity index (χ2v) is 46.8. The summed E-state index contributed by atoms with van der Waals surface area (Å²) in [7, 11) is 0. The van der Waals surface area contributed by atoms with E-state index in [0.717, 1.165) is 78.4 Å². The quantitative estimate of drug-likeness (QED) is 0.0412. The highest BCUT2D eigenvalue weighted by Gasteiger charge is 2.58. The average Bonchev–Trinajstić information content (AvgIpc) is 1.69. The molecule has 8 bridgehead atoms. The van der Waals surface area contributed by atoms with Gasteiger partial charge in [0.05, 0.1) is 17.6 Å². The van der Waals surface area contributed by atoms with Crippen molar-refractivity contribution in [1.82, 2.24) is 0 Å². The molecule has 12 aliphatic rings. The average molecular weight is 1960 g/mol. The molecule has 0 amide bonds. The molecule has 776 valence electrons. The van der Waals surface area contributed by atoms with E-state index in [-0.39, 0.29) is 35.1 Å². The molecule has 13 unspecified atom stereocenters. The number of fused-ring (bicyclic) bond motifs is 1. The van der Waals surface area contributed by atoms with Crippen molar-refractivity contribution >= 4 is 32.3 Å². The molecule has 0 heterocycles. The smallest absolute Gasteiger partial charge is 0.209 e. The van der Waals surface area contributed by atoms with Crippen LogP contribution in [0.3, 0.4) is 0 Å². The van der Waals surface area contributed by atoms with E-state index in [1.165, 1.54) is 235 Å². The van der Waals surface area contributed by atoms with Crippen LogP contribution >= 0.6 is 0 Å². The van der Waals surface area contributed by atoms with Crippen molar-refractivity contribution < 1.29 is 43.7 Å². The van der Waals surface area contributed by atoms with Crippen LogP contribution in [0.25, 0.3) is 32.3 Å². The van der Waals surface area contributed by atoms with E-state index in [1.54, 1.807) is 36.4 Å². The summed E-state index contributed by atoms with van der Waals surface area (Å²) in [6.07, 6.45) is 34.3. The van der Waals surface area contributed by atoms with Crippen LogP contribution in [0.4, 0.5) is 0 Å². The van der Waals surface area contributed by atoms with Crippen molar-refractivity contribution in [3.05, 3.63) is 322 Å². The first kappa shape index (κ1) is 109. The summed E-state index contributed by atoms with van der Waals surface area (Å²) in [5.74, 6) is 15.7. The zero-order valence-corrected chi connectivity index (χ0v) is 91.8. The van der Waals surface area contributed by atoms with Crippen molar-refractivity contribution in [2.45, 2.75) is 394 Å². The van der Waals surface area contributed by atoms with Gasteiger partial charge in [0.25, 0.3) is 0 Å². The van der Waals surface area contributed by atoms with Crippen LogP contribution in [0.2, 0.25) is 0 Å². The van der Waals surface area contributed by atoms with E-state index < -0.39 is 0 Å². The molecule has 24 rings (SSSR count). The molecule has 12 aliphatic carbocycles. The van der Waals surface area contributed by atoms with E-state index in [2.05, 4.69) is 307 Å². The number of phenols is 3. The Bertz CT molecular complexity index is 5480. The molecule has 10 fully saturated rings. The molecule has 0 saturated heterocycles. The molecule has 0 radical (unpaired) electrons. The Morgan fingerprint density at radius 1 is 0.297 bits per heavy atom. The normalized spacial score (nSPS) is 24.5. The highest BCUT2D eigenvalue weighted by atomic mass is 16.7. The van der Waals surface area contributed by atoms with Gasteiger partial charge in [-0.15, -0.1) is 0 Å². The lowest BCUT2D eigenvalue weighted by Crippen LogP contribution is -2.54. The summed E-state index contributed by atoms with van der Waals surface area (Å²) in [6.45, 7) is 43.0. The van der Waals surface area contributed by atoms with Gasteiger partial charge in [-0.1, -0.05) is 325 Å². The molecule has 12 aromatic carbocycles. The maximum Gasteiger partial charge on any atom is 0.209 e. The molecule has 9 nitrogen and oxygen atoms in total. The molecule has 13 atom stereocenters. The minimum atomic E-state index is -0.364. The molecule has 9 heteroatoms. The van der Waals surface area contributed by atoms with Crippen LogP contribution in [0, 0.1) is 46.3 Å². The molecule has 3 N–H and O–H groups in total. The van der Waals surface area contributed by atoms with Gasteiger partial charge in [0.1, 0.15) is 34.5 Å². The highest BCUT2D eigenvalue weighted by molar-refractivity contribution is 5.93. The predicted octanol–water partition coefficient (Wildman–Crippen LogP) is 38.1. The number of benzene rings is 12. The summed E-state index contributed by atoms with van der Waals surface area (Å²) < 4.78 is 39.3. The number of ether oxygens (including phenoxy) is 6. The molecular formula is C136H178O9. The second-order valence-electron chi connectivity index (χ2n) is 46.8. The first-order chi connectivity index (χ1) is 70.0. The number of aromatic hydroxyl groups is 3. The van der Waals surface area contributed by atoms with Crippen LogP contribution in [0.5, 0.6) is 34.5 Å². The summed E-state index contributed by atoms with van der Waals surface area (Å²) in [6, 6.07) is 90.2. The van der Waals surface area contributed by atoms with Crippen LogP contribution < -0.4 is 14.2 Å². The van der Waals surface area contributed by atoms with E-state index in [1.807, 2.05) is 49.4 Å². The van der Waals surface area contributed by atoms with E-state index in [4.69, 9.17) is 43.7 Å². The summed E-state index contributed by atoms with van der Waals surface area (Å²) in [5.41, 5.74) is 15.7. The topological polar surface area (TPSA) is 116 Å². The lowest BCUT2D eigenvalue weighted by Gasteiger charge is -2.58. The zero-order valence-electron chi connectivity index (χ0n) is 91.8. The minimum absolute atomic E-state index is 0.0431. The van der Waals surface area contributed by atoms with Crippen LogP contribution in [0.1, 0.15) is 419 Å². The highest BCUT2D eigenvalue weighted by Crippen LogP contribution is 2.64. The lowest BCUT2D eigenvalue weighted by atomic mass is 9.49. The van der Waals surface area contributed by atoms with Gasteiger partial charge in [0, 0.05) is 17.4 Å². The Morgan fingerprint density at radius 3 is 0.876 bits per heavy atom. The van der Waals surface area contributed by atoms with Gasteiger partial charge < -0.3 is 43.7 Å². The first-order valence-electron chi connectivity index (χ1n) is 57.1. The number of hydrogen-bond donors (Lipinski definition) is 3. The number of hydrogen-bond acceptors (Lipinski definition) is 9. The molecule has 12 aromatic rings. The largest absolute Gasteiger partial charge is 0.508 e. The van der Waals surface area contributed by atoms with Gasteiger partial charge in [0.15, 0.2) is 0 Å². The molecular weight excluding hydrogens is 1780 g/mol. The maximum absolute atomic E-state index is 9.01. The van der Waals surface area contributed by atoms with Crippen LogP contribution in [-0.4, -0.2) is 53.0 Å². The van der Waals surface area contributed by atoms with Crippen molar-refractivity contribution in [2.24, 2.45) is 46.3 Å². The number of phenolic OH excluding ortho intramolecular Hbond substituents is 3. The fourth-order valence-corrected chi connectivity index (χ4v) is 26.4. The van der Waals surface area contributed by atoms with Crippen molar-refractivity contribution in [3.63, 3.8) is 0 Å². The van der Waals surface area contributed by atoms with E-state index in [9.17, 15) is 0 Å². The Hall–Kier alpha value is -9.90. The third-order valence-corrected chi connectivity index (χ3v) is 36.3. The fraction of sp³-hybridized carbons (Fsp3) is 0.515. The Balaban J connectivity index is 0.000000129. The van der Waals surface area contributed by atoms with Gasteiger partial charge in [-0.3, -0.25) is 0 Å². The van der Waals surface area contributed by atoms with E-state index in [0.29, 0.717) is 95.2 Å². The van der Waals surface area contributed by atoms with Gasteiger partial charge >= 0.3 is 0 Å². The summed E-state index contributed by atoms with van der Waals surface area (Å²) in [4.78, 5) is 0. The van der Waals surface area contributed by atoms with Crippen LogP contribution in [-0.2, 0) is 19.6 Å². The Labute approximate surface area is 874 Å². The van der Waals surface area contributed by atoms with Crippen molar-refractivity contribution in [2.75, 3.05) is 6.61 Å². The van der Waals surface area contributed by atoms with Crippen molar-refractivity contribution in [3.8, 4) is 34.5 Å². The minimum Gasteiger partial charge on any atom is -0.508 e. The van der Waals surface area contributed by atoms with E-state index >= 15 is 0 Å². The van der Waals surface area contributed by atoms with Gasteiger partial charge in [-0.2, -0.15) is 0 Å². The monoisotopic (exact) mass is 1960 g/mol. The molecule has 145 heavy (non-hydrogen) atoms. The maximum atomic E-state index is 9.01. The van der Waals surface area contributed by atoms with Crippen molar-refractivity contribution in [1.29, 1.82) is 0 Å². The van der Waals surface area contributed by atoms with Gasteiger partial charge in [-0.25, -0.2) is 0 Å². The molecule has 0 aromatic heterocycles. The summed E-state index contributed by atoms with van der Waals surface area (Å²) in [5, 5.41) is 35.3. The predicted molar refractivity (Wildman–Crippen MR) is 607 cm³/mol. The zero-order chi connectivity index (χ0) is 103. The Morgan fingerprint density at radius 2 is 0.572 bits per heavy atom. The lowest BCUT2D eigenvalue weighted by molar-refractivity contribution is -0.231. The third kappa shape index (κ3) is 27.2. The fourth-order valence-electron chi connectivity index (χ4n) is 26.4.